The quantitative estimate of drug-likeness (QED) is 0.828. The minimum atomic E-state index is -1.02. The molecule has 1 unspecified atom stereocenters. The number of nitrogens with two attached hydrogens (primary N) is 1. The molecule has 2 aromatic rings. The molecule has 0 bridgehead atoms. The number of benzene rings is 2. The van der Waals surface area contributed by atoms with Gasteiger partial charge in [0.2, 0.25) is 5.91 Å². The highest BCUT2D eigenvalue weighted by Crippen LogP contribution is 2.24. The summed E-state index contributed by atoms with van der Waals surface area (Å²) in [6.45, 7) is 0.00942. The van der Waals surface area contributed by atoms with Crippen molar-refractivity contribution < 1.29 is 23.5 Å². The summed E-state index contributed by atoms with van der Waals surface area (Å²) in [6, 6.07) is 12.2. The van der Waals surface area contributed by atoms with Crippen molar-refractivity contribution in [2.24, 2.45) is 5.73 Å². The highest BCUT2D eigenvalue weighted by Gasteiger charge is 2.34. The topological polar surface area (TPSA) is 89.7 Å². The number of ether oxygens (including phenoxy) is 1. The monoisotopic (exact) mass is 356 g/mol. The molecule has 1 heterocycles. The van der Waals surface area contributed by atoms with Gasteiger partial charge < -0.3 is 15.4 Å². The van der Waals surface area contributed by atoms with Crippen molar-refractivity contribution in [2.75, 3.05) is 11.4 Å². The van der Waals surface area contributed by atoms with Gasteiger partial charge in [-0.3, -0.25) is 9.59 Å². The molecular formula is C19H17FN2O4. The molecule has 6 nitrogen and oxygen atoms in total. The summed E-state index contributed by atoms with van der Waals surface area (Å²) in [4.78, 5) is 37.5. The molecular weight excluding hydrogens is 339 g/mol. The average molecular weight is 356 g/mol. The first-order valence-electron chi connectivity index (χ1n) is 8.10. The predicted octanol–water partition coefficient (Wildman–Crippen LogP) is 1.82. The van der Waals surface area contributed by atoms with Crippen molar-refractivity contribution in [3.8, 4) is 0 Å². The Hall–Kier alpha value is -3.22. The van der Waals surface area contributed by atoms with Gasteiger partial charge >= 0.3 is 5.97 Å². The van der Waals surface area contributed by atoms with Gasteiger partial charge in [0.15, 0.2) is 6.10 Å². The van der Waals surface area contributed by atoms with Gasteiger partial charge in [0.05, 0.1) is 5.56 Å². The number of carbonyl (C=O) groups excluding carboxylic acids is 3. The lowest BCUT2D eigenvalue weighted by Crippen LogP contribution is -2.45. The number of anilines is 1. The molecule has 1 aliphatic heterocycles. The number of nitrogens with zero attached hydrogens (tertiary/aromatic N) is 1. The van der Waals surface area contributed by atoms with Crippen LogP contribution in [0, 0.1) is 5.82 Å². The van der Waals surface area contributed by atoms with Crippen molar-refractivity contribution in [3.05, 3.63) is 65.5 Å². The second-order valence-electron chi connectivity index (χ2n) is 5.94. The number of hydrogen-bond acceptors (Lipinski definition) is 4. The molecule has 0 spiro atoms. The van der Waals surface area contributed by atoms with Gasteiger partial charge in [-0.15, -0.1) is 0 Å². The Morgan fingerprint density at radius 2 is 1.85 bits per heavy atom. The molecule has 0 fully saturated rings. The highest BCUT2D eigenvalue weighted by molar-refractivity contribution is 6.01. The molecule has 0 saturated heterocycles. The van der Waals surface area contributed by atoms with Crippen molar-refractivity contribution >= 4 is 23.5 Å². The maximum Gasteiger partial charge on any atom is 0.339 e. The molecule has 7 heteroatoms. The van der Waals surface area contributed by atoms with E-state index < -0.39 is 29.7 Å². The van der Waals surface area contributed by atoms with Crippen LogP contribution >= 0.6 is 0 Å². The number of rotatable bonds is 5. The van der Waals surface area contributed by atoms with Crippen LogP contribution in [0.25, 0.3) is 0 Å². The van der Waals surface area contributed by atoms with Crippen LogP contribution in [0.3, 0.4) is 0 Å². The first-order valence-corrected chi connectivity index (χ1v) is 8.10. The molecule has 2 aromatic carbocycles. The van der Waals surface area contributed by atoms with E-state index in [4.69, 9.17) is 10.5 Å². The third-order valence-electron chi connectivity index (χ3n) is 4.15. The van der Waals surface area contributed by atoms with Crippen LogP contribution in [-0.2, 0) is 20.7 Å². The van der Waals surface area contributed by atoms with E-state index in [2.05, 4.69) is 0 Å². The van der Waals surface area contributed by atoms with Crippen LogP contribution < -0.4 is 10.6 Å². The lowest BCUT2D eigenvalue weighted by molar-refractivity contribution is -0.127. The lowest BCUT2D eigenvalue weighted by atomic mass is 9.98. The van der Waals surface area contributed by atoms with E-state index in [-0.39, 0.29) is 19.4 Å². The van der Waals surface area contributed by atoms with Crippen molar-refractivity contribution in [1.82, 2.24) is 0 Å². The number of esters is 1. The number of cyclic esters (lactones) is 1. The summed E-state index contributed by atoms with van der Waals surface area (Å²) in [5.41, 5.74) is 6.73. The normalized spacial score (nSPS) is 15.7. The number of halogens is 1. The summed E-state index contributed by atoms with van der Waals surface area (Å²) in [5.74, 6) is -2.08. The Morgan fingerprint density at radius 1 is 1.15 bits per heavy atom. The third-order valence-corrected chi connectivity index (χ3v) is 4.15. The van der Waals surface area contributed by atoms with Crippen LogP contribution in [0.4, 0.5) is 10.1 Å². The fourth-order valence-electron chi connectivity index (χ4n) is 2.85. The second kappa shape index (κ2) is 7.35. The maximum atomic E-state index is 13.2. The fourth-order valence-corrected chi connectivity index (χ4v) is 2.85. The molecule has 1 aliphatic rings. The van der Waals surface area contributed by atoms with Crippen LogP contribution in [-0.4, -0.2) is 30.4 Å². The number of carbonyl (C=O) groups is 3. The van der Waals surface area contributed by atoms with E-state index in [0.29, 0.717) is 11.3 Å². The van der Waals surface area contributed by atoms with E-state index in [1.54, 1.807) is 24.3 Å². The Balaban J connectivity index is 1.86. The van der Waals surface area contributed by atoms with E-state index in [9.17, 15) is 18.8 Å². The average Bonchev–Trinajstić information content (AvgIpc) is 2.63. The second-order valence-corrected chi connectivity index (χ2v) is 5.94. The summed E-state index contributed by atoms with van der Waals surface area (Å²) in [6.07, 6.45) is -0.856. The minimum absolute atomic E-state index is 0.00942. The zero-order valence-electron chi connectivity index (χ0n) is 13.9. The molecule has 2 N–H and O–H groups in total. The molecule has 1 atom stereocenters. The molecule has 134 valence electrons. The summed E-state index contributed by atoms with van der Waals surface area (Å²) in [5, 5.41) is 0. The van der Waals surface area contributed by atoms with E-state index >= 15 is 0 Å². The van der Waals surface area contributed by atoms with Gasteiger partial charge in [0.1, 0.15) is 5.82 Å². The number of primary amides is 1. The number of hydrogen-bond donors (Lipinski definition) is 1. The van der Waals surface area contributed by atoms with Crippen LogP contribution in [0.5, 0.6) is 0 Å². The minimum Gasteiger partial charge on any atom is -0.448 e. The van der Waals surface area contributed by atoms with Gasteiger partial charge in [-0.2, -0.15) is 0 Å². The zero-order valence-corrected chi connectivity index (χ0v) is 13.9. The Bertz CT molecular complexity index is 851. The molecule has 0 saturated carbocycles. The maximum absolute atomic E-state index is 13.2. The number of amides is 2. The smallest absolute Gasteiger partial charge is 0.339 e. The summed E-state index contributed by atoms with van der Waals surface area (Å²) >= 11 is 0. The zero-order chi connectivity index (χ0) is 18.7. The Labute approximate surface area is 149 Å². The summed E-state index contributed by atoms with van der Waals surface area (Å²) in [7, 11) is 0. The lowest BCUT2D eigenvalue weighted by Gasteiger charge is -2.30. The molecule has 2 amide bonds. The van der Waals surface area contributed by atoms with Crippen molar-refractivity contribution in [2.45, 2.75) is 18.9 Å². The first kappa shape index (κ1) is 17.6. The first-order chi connectivity index (χ1) is 12.5. The van der Waals surface area contributed by atoms with E-state index in [1.165, 1.54) is 29.2 Å². The molecule has 26 heavy (non-hydrogen) atoms. The van der Waals surface area contributed by atoms with Crippen LogP contribution in [0.15, 0.2) is 48.5 Å². The Kier molecular flexibility index (Phi) is 4.97. The van der Waals surface area contributed by atoms with Crippen molar-refractivity contribution in [3.63, 3.8) is 0 Å². The van der Waals surface area contributed by atoms with Gasteiger partial charge in [0.25, 0.3) is 5.91 Å². The van der Waals surface area contributed by atoms with Gasteiger partial charge in [-0.25, -0.2) is 9.18 Å². The van der Waals surface area contributed by atoms with Crippen LogP contribution in [0.2, 0.25) is 0 Å². The standard InChI is InChI=1S/C19H17FN2O4/c20-13-5-7-14(8-6-13)22(10-9-17(21)23)18(24)16-11-12-3-1-2-4-15(12)19(25)26-16/h1-8,16H,9-11H2,(H2,21,23). The summed E-state index contributed by atoms with van der Waals surface area (Å²) < 4.78 is 18.5. The SMILES string of the molecule is NC(=O)CCN(C(=O)C1Cc2ccccc2C(=O)O1)c1ccc(F)cc1. The van der Waals surface area contributed by atoms with Crippen molar-refractivity contribution in [1.29, 1.82) is 0 Å². The largest absolute Gasteiger partial charge is 0.448 e. The highest BCUT2D eigenvalue weighted by atomic mass is 19.1. The molecule has 3 rings (SSSR count). The third kappa shape index (κ3) is 3.72. The van der Waals surface area contributed by atoms with Gasteiger partial charge in [-0.05, 0) is 35.9 Å². The van der Waals surface area contributed by atoms with E-state index in [1.807, 2.05) is 0 Å². The fraction of sp³-hybridized carbons (Fsp3) is 0.211. The van der Waals surface area contributed by atoms with Gasteiger partial charge in [-0.1, -0.05) is 18.2 Å². The van der Waals surface area contributed by atoms with E-state index in [0.717, 1.165) is 5.56 Å². The molecule has 0 radical (unpaired) electrons. The predicted molar refractivity (Wildman–Crippen MR) is 91.9 cm³/mol. The Morgan fingerprint density at radius 3 is 2.54 bits per heavy atom. The van der Waals surface area contributed by atoms with Gasteiger partial charge in [0, 0.05) is 25.1 Å². The molecule has 0 aliphatic carbocycles. The van der Waals surface area contributed by atoms with Crippen LogP contribution in [0.1, 0.15) is 22.3 Å². The number of fused-ring (bicyclic) bond motifs is 1. The molecule has 0 aromatic heterocycles.